The minimum absolute atomic E-state index is 0.272. The van der Waals surface area contributed by atoms with E-state index in [9.17, 15) is 9.18 Å². The number of ether oxygens (including phenoxy) is 1. The molecule has 0 N–H and O–H groups in total. The van der Waals surface area contributed by atoms with E-state index < -0.39 is 0 Å². The fourth-order valence-electron chi connectivity index (χ4n) is 2.59. The van der Waals surface area contributed by atoms with Gasteiger partial charge in [0.25, 0.3) is 0 Å². The molecular weight excluding hydrogens is 283 g/mol. The van der Waals surface area contributed by atoms with Crippen molar-refractivity contribution in [2.45, 2.75) is 13.5 Å². The molecule has 0 bridgehead atoms. The first-order valence-corrected chi connectivity index (χ1v) is 7.16. The zero-order valence-electron chi connectivity index (χ0n) is 12.5. The molecule has 0 atom stereocenters. The second-order valence-electron chi connectivity index (χ2n) is 5.16. The number of aromatic nitrogens is 2. The third-order valence-electron chi connectivity index (χ3n) is 3.69. The maximum Gasteiger partial charge on any atom is 0.355 e. The minimum Gasteiger partial charge on any atom is -0.461 e. The third kappa shape index (κ3) is 2.50. The largest absolute Gasteiger partial charge is 0.461 e. The fraction of sp³-hybridized carbons (Fsp3) is 0.235. The SMILES string of the molecule is CCOC(=O)c1cc2c(ccn2C)n1Cc1ccc(F)cc1. The Balaban J connectivity index is 2.06. The molecule has 3 aromatic rings. The first-order valence-electron chi connectivity index (χ1n) is 7.16. The van der Waals surface area contributed by atoms with Crippen molar-refractivity contribution in [3.63, 3.8) is 0 Å². The number of aryl methyl sites for hydroxylation is 1. The van der Waals surface area contributed by atoms with Crippen molar-refractivity contribution in [2.75, 3.05) is 6.61 Å². The van der Waals surface area contributed by atoms with Crippen molar-refractivity contribution in [1.29, 1.82) is 0 Å². The molecule has 0 amide bonds. The Labute approximate surface area is 127 Å². The lowest BCUT2D eigenvalue weighted by Gasteiger charge is -2.09. The van der Waals surface area contributed by atoms with Crippen LogP contribution in [0.25, 0.3) is 11.0 Å². The Morgan fingerprint density at radius 3 is 2.59 bits per heavy atom. The van der Waals surface area contributed by atoms with E-state index in [0.717, 1.165) is 16.6 Å². The number of benzene rings is 1. The summed E-state index contributed by atoms with van der Waals surface area (Å²) in [5.41, 5.74) is 3.35. The highest BCUT2D eigenvalue weighted by molar-refractivity contribution is 5.95. The summed E-state index contributed by atoms with van der Waals surface area (Å²) in [7, 11) is 1.93. The number of fused-ring (bicyclic) bond motifs is 1. The summed E-state index contributed by atoms with van der Waals surface area (Å²) in [5, 5.41) is 0. The topological polar surface area (TPSA) is 36.2 Å². The van der Waals surface area contributed by atoms with E-state index >= 15 is 0 Å². The quantitative estimate of drug-likeness (QED) is 0.693. The molecule has 0 aliphatic heterocycles. The molecule has 2 aromatic heterocycles. The number of esters is 1. The van der Waals surface area contributed by atoms with Gasteiger partial charge in [0, 0.05) is 19.8 Å². The van der Waals surface area contributed by atoms with E-state index in [-0.39, 0.29) is 11.8 Å². The highest BCUT2D eigenvalue weighted by Gasteiger charge is 2.18. The van der Waals surface area contributed by atoms with Gasteiger partial charge in [-0.15, -0.1) is 0 Å². The second kappa shape index (κ2) is 5.67. The van der Waals surface area contributed by atoms with Gasteiger partial charge in [0.05, 0.1) is 17.6 Å². The van der Waals surface area contributed by atoms with Gasteiger partial charge in [0.2, 0.25) is 0 Å². The molecule has 0 aliphatic carbocycles. The second-order valence-corrected chi connectivity index (χ2v) is 5.16. The van der Waals surface area contributed by atoms with Gasteiger partial charge < -0.3 is 13.9 Å². The van der Waals surface area contributed by atoms with Crippen LogP contribution in [0.15, 0.2) is 42.6 Å². The van der Waals surface area contributed by atoms with Crippen LogP contribution < -0.4 is 0 Å². The highest BCUT2D eigenvalue weighted by atomic mass is 19.1. The van der Waals surface area contributed by atoms with Crippen molar-refractivity contribution in [1.82, 2.24) is 9.13 Å². The normalized spacial score (nSPS) is 11.0. The van der Waals surface area contributed by atoms with Crippen LogP contribution in [0.4, 0.5) is 4.39 Å². The van der Waals surface area contributed by atoms with E-state index in [0.29, 0.717) is 18.8 Å². The highest BCUT2D eigenvalue weighted by Crippen LogP contribution is 2.23. The lowest BCUT2D eigenvalue weighted by molar-refractivity contribution is 0.0515. The van der Waals surface area contributed by atoms with Gasteiger partial charge in [0.1, 0.15) is 11.5 Å². The van der Waals surface area contributed by atoms with Crippen LogP contribution in [0.5, 0.6) is 0 Å². The van der Waals surface area contributed by atoms with Gasteiger partial charge in [-0.1, -0.05) is 12.1 Å². The van der Waals surface area contributed by atoms with Crippen LogP contribution in [0.1, 0.15) is 23.0 Å². The van der Waals surface area contributed by atoms with Crippen molar-refractivity contribution >= 4 is 17.0 Å². The van der Waals surface area contributed by atoms with Gasteiger partial charge in [0.15, 0.2) is 0 Å². The molecule has 5 heteroatoms. The predicted molar refractivity (Wildman–Crippen MR) is 82.4 cm³/mol. The first-order chi connectivity index (χ1) is 10.6. The zero-order chi connectivity index (χ0) is 15.7. The van der Waals surface area contributed by atoms with Gasteiger partial charge in [-0.3, -0.25) is 0 Å². The Morgan fingerprint density at radius 1 is 1.18 bits per heavy atom. The smallest absolute Gasteiger partial charge is 0.355 e. The van der Waals surface area contributed by atoms with Crippen molar-refractivity contribution in [3.05, 3.63) is 59.7 Å². The number of rotatable bonds is 4. The number of halogens is 1. The summed E-state index contributed by atoms with van der Waals surface area (Å²) in [4.78, 5) is 12.2. The molecule has 1 aromatic carbocycles. The monoisotopic (exact) mass is 300 g/mol. The third-order valence-corrected chi connectivity index (χ3v) is 3.69. The molecule has 0 spiro atoms. The Morgan fingerprint density at radius 2 is 1.91 bits per heavy atom. The van der Waals surface area contributed by atoms with Crippen LogP contribution in [0.3, 0.4) is 0 Å². The molecule has 0 saturated carbocycles. The molecule has 3 rings (SSSR count). The summed E-state index contributed by atoms with van der Waals surface area (Å²) in [5.74, 6) is -0.618. The lowest BCUT2D eigenvalue weighted by Crippen LogP contribution is -2.12. The summed E-state index contributed by atoms with van der Waals surface area (Å²) in [6.07, 6.45) is 1.95. The van der Waals surface area contributed by atoms with Crippen molar-refractivity contribution in [2.24, 2.45) is 7.05 Å². The zero-order valence-corrected chi connectivity index (χ0v) is 12.5. The van der Waals surface area contributed by atoms with Gasteiger partial charge in [-0.05, 0) is 36.8 Å². The first kappa shape index (κ1) is 14.4. The van der Waals surface area contributed by atoms with E-state index in [1.54, 1.807) is 19.1 Å². The van der Waals surface area contributed by atoms with E-state index in [2.05, 4.69) is 0 Å². The van der Waals surface area contributed by atoms with Crippen molar-refractivity contribution in [3.8, 4) is 0 Å². The summed E-state index contributed by atoms with van der Waals surface area (Å²) >= 11 is 0. The molecule has 0 fully saturated rings. The van der Waals surface area contributed by atoms with Crippen LogP contribution in [-0.4, -0.2) is 21.7 Å². The average Bonchev–Trinajstić information content (AvgIpc) is 3.03. The van der Waals surface area contributed by atoms with Gasteiger partial charge in [-0.2, -0.15) is 0 Å². The number of nitrogens with zero attached hydrogens (tertiary/aromatic N) is 2. The fourth-order valence-corrected chi connectivity index (χ4v) is 2.59. The molecule has 0 aliphatic rings. The lowest BCUT2D eigenvalue weighted by atomic mass is 10.2. The number of carbonyl (C=O) groups is 1. The summed E-state index contributed by atoms with van der Waals surface area (Å²) in [6, 6.07) is 10.1. The molecule has 0 saturated heterocycles. The number of hydrogen-bond donors (Lipinski definition) is 0. The molecule has 22 heavy (non-hydrogen) atoms. The van der Waals surface area contributed by atoms with Crippen LogP contribution in [-0.2, 0) is 18.3 Å². The van der Waals surface area contributed by atoms with Gasteiger partial charge >= 0.3 is 5.97 Å². The molecule has 114 valence electrons. The maximum atomic E-state index is 13.0. The standard InChI is InChI=1S/C17H17FN2O2/c1-3-22-17(21)16-10-15-14(8-9-19(15)2)20(16)11-12-4-6-13(18)7-5-12/h4-10H,3,11H2,1-2H3. The van der Waals surface area contributed by atoms with E-state index in [1.165, 1.54) is 12.1 Å². The maximum absolute atomic E-state index is 13.0. The molecular formula is C17H17FN2O2. The molecule has 0 radical (unpaired) electrons. The average molecular weight is 300 g/mol. The predicted octanol–water partition coefficient (Wildman–Crippen LogP) is 3.34. The summed E-state index contributed by atoms with van der Waals surface area (Å²) in [6.45, 7) is 2.60. The summed E-state index contributed by atoms with van der Waals surface area (Å²) < 4.78 is 22.0. The van der Waals surface area contributed by atoms with Crippen molar-refractivity contribution < 1.29 is 13.9 Å². The Kier molecular flexibility index (Phi) is 3.71. The van der Waals surface area contributed by atoms with Crippen LogP contribution in [0, 0.1) is 5.82 Å². The minimum atomic E-state index is -0.346. The Hall–Kier alpha value is -2.56. The number of hydrogen-bond acceptors (Lipinski definition) is 2. The van der Waals surface area contributed by atoms with Gasteiger partial charge in [-0.25, -0.2) is 9.18 Å². The Bertz CT molecular complexity index is 815. The van der Waals surface area contributed by atoms with E-state index in [1.807, 2.05) is 34.5 Å². The number of carbonyl (C=O) groups excluding carboxylic acids is 1. The van der Waals surface area contributed by atoms with E-state index in [4.69, 9.17) is 4.74 Å². The van der Waals surface area contributed by atoms with Crippen LogP contribution >= 0.6 is 0 Å². The van der Waals surface area contributed by atoms with Crippen LogP contribution in [0.2, 0.25) is 0 Å². The molecule has 2 heterocycles. The molecule has 4 nitrogen and oxygen atoms in total. The molecule has 0 unspecified atom stereocenters.